The first-order valence-corrected chi connectivity index (χ1v) is 9.88. The number of nitrogens with zero attached hydrogens (tertiary/aromatic N) is 1. The lowest BCUT2D eigenvalue weighted by Gasteiger charge is -2.18. The Labute approximate surface area is 163 Å². The maximum Gasteiger partial charge on any atom is 0.140 e. The lowest BCUT2D eigenvalue weighted by molar-refractivity contribution is 0.721. The minimum Gasteiger partial charge on any atom is -0.364 e. The van der Waals surface area contributed by atoms with E-state index in [2.05, 4.69) is 84.6 Å². The second-order valence-corrected chi connectivity index (χ2v) is 8.03. The monoisotopic (exact) mass is 363 g/mol. The predicted octanol–water partition coefficient (Wildman–Crippen LogP) is 6.77. The SMILES string of the molecule is CC1=Cc2c(-c3nc4c5ccccc5c5ccccc5c4[nH]3)c[nH]c2C(C)C1. The summed E-state index contributed by atoms with van der Waals surface area (Å²) >= 11 is 0. The Hall–Kier alpha value is -3.33. The molecule has 1 aliphatic rings. The summed E-state index contributed by atoms with van der Waals surface area (Å²) in [4.78, 5) is 12.2. The first-order chi connectivity index (χ1) is 13.7. The van der Waals surface area contributed by atoms with Crippen molar-refractivity contribution in [2.45, 2.75) is 26.2 Å². The van der Waals surface area contributed by atoms with Crippen molar-refractivity contribution in [2.24, 2.45) is 0 Å². The van der Waals surface area contributed by atoms with Gasteiger partial charge in [0.05, 0.1) is 11.0 Å². The average Bonchev–Trinajstić information content (AvgIpc) is 3.33. The van der Waals surface area contributed by atoms with Gasteiger partial charge in [-0.15, -0.1) is 0 Å². The van der Waals surface area contributed by atoms with Crippen LogP contribution in [0.5, 0.6) is 0 Å². The van der Waals surface area contributed by atoms with Crippen LogP contribution < -0.4 is 0 Å². The second-order valence-electron chi connectivity index (χ2n) is 8.03. The molecule has 3 heteroatoms. The molecule has 0 aliphatic heterocycles. The van der Waals surface area contributed by atoms with Crippen molar-refractivity contribution < 1.29 is 0 Å². The fraction of sp³-hybridized carbons (Fsp3) is 0.160. The standard InChI is InChI=1S/C25H21N3/c1-14-11-15(2)22-20(12-14)21(13-26-22)25-27-23-18-9-5-3-7-16(18)17-8-4-6-10-19(17)24(23)28-25/h3-10,12-13,15,26H,11H2,1-2H3,(H,27,28). The normalized spacial score (nSPS) is 16.6. The van der Waals surface area contributed by atoms with Crippen LogP contribution in [0.2, 0.25) is 0 Å². The van der Waals surface area contributed by atoms with E-state index >= 15 is 0 Å². The number of rotatable bonds is 1. The molecular formula is C25H21N3. The maximum atomic E-state index is 5.09. The molecule has 0 saturated carbocycles. The van der Waals surface area contributed by atoms with Crippen molar-refractivity contribution in [3.63, 3.8) is 0 Å². The summed E-state index contributed by atoms with van der Waals surface area (Å²) in [5, 5.41) is 4.94. The van der Waals surface area contributed by atoms with Crippen molar-refractivity contribution in [3.8, 4) is 11.4 Å². The molecule has 1 atom stereocenters. The van der Waals surface area contributed by atoms with Crippen LogP contribution in [0.15, 0.2) is 60.3 Å². The quantitative estimate of drug-likeness (QED) is 0.317. The second kappa shape index (κ2) is 5.59. The van der Waals surface area contributed by atoms with Gasteiger partial charge in [0.15, 0.2) is 0 Å². The number of hydrogen-bond donors (Lipinski definition) is 2. The topological polar surface area (TPSA) is 44.5 Å². The Morgan fingerprint density at radius 3 is 2.39 bits per heavy atom. The number of imidazole rings is 1. The zero-order valence-electron chi connectivity index (χ0n) is 16.0. The number of allylic oxidation sites excluding steroid dienone is 1. The third-order valence-corrected chi connectivity index (χ3v) is 6.09. The molecule has 2 N–H and O–H groups in total. The number of aromatic amines is 2. The van der Waals surface area contributed by atoms with Crippen LogP contribution >= 0.6 is 0 Å². The lowest BCUT2D eigenvalue weighted by Crippen LogP contribution is -2.02. The Balaban J connectivity index is 1.70. The molecule has 0 amide bonds. The van der Waals surface area contributed by atoms with Crippen molar-refractivity contribution in [1.29, 1.82) is 0 Å². The molecule has 6 rings (SSSR count). The Morgan fingerprint density at radius 1 is 0.929 bits per heavy atom. The average molecular weight is 363 g/mol. The van der Waals surface area contributed by atoms with Gasteiger partial charge in [-0.25, -0.2) is 4.98 Å². The third kappa shape index (κ3) is 2.07. The third-order valence-electron chi connectivity index (χ3n) is 6.09. The molecule has 28 heavy (non-hydrogen) atoms. The van der Waals surface area contributed by atoms with E-state index in [1.807, 2.05) is 0 Å². The molecule has 0 bridgehead atoms. The zero-order chi connectivity index (χ0) is 18.8. The Bertz CT molecular complexity index is 1340. The maximum absolute atomic E-state index is 5.09. The highest BCUT2D eigenvalue weighted by Gasteiger charge is 2.23. The number of nitrogens with one attached hydrogen (secondary N) is 2. The van der Waals surface area contributed by atoms with Gasteiger partial charge in [0.2, 0.25) is 0 Å². The molecule has 3 aromatic carbocycles. The number of hydrogen-bond acceptors (Lipinski definition) is 1. The van der Waals surface area contributed by atoms with Crippen LogP contribution in [0, 0.1) is 0 Å². The van der Waals surface area contributed by atoms with Crippen molar-refractivity contribution in [1.82, 2.24) is 15.0 Å². The number of benzene rings is 3. The van der Waals surface area contributed by atoms with Gasteiger partial charge in [-0.2, -0.15) is 0 Å². The van der Waals surface area contributed by atoms with E-state index in [4.69, 9.17) is 4.98 Å². The van der Waals surface area contributed by atoms with E-state index in [0.717, 1.165) is 28.8 Å². The van der Waals surface area contributed by atoms with Crippen LogP contribution in [0.4, 0.5) is 0 Å². The summed E-state index contributed by atoms with van der Waals surface area (Å²) in [6.45, 7) is 4.51. The smallest absolute Gasteiger partial charge is 0.140 e. The van der Waals surface area contributed by atoms with E-state index < -0.39 is 0 Å². The summed E-state index contributed by atoms with van der Waals surface area (Å²) in [7, 11) is 0. The summed E-state index contributed by atoms with van der Waals surface area (Å²) in [5.74, 6) is 1.45. The highest BCUT2D eigenvalue weighted by atomic mass is 14.9. The highest BCUT2D eigenvalue weighted by Crippen LogP contribution is 2.40. The van der Waals surface area contributed by atoms with Crippen molar-refractivity contribution in [3.05, 3.63) is 71.6 Å². The van der Waals surface area contributed by atoms with E-state index in [1.165, 1.54) is 38.4 Å². The molecule has 2 heterocycles. The number of fused-ring (bicyclic) bond motifs is 7. The first kappa shape index (κ1) is 15.7. The number of aromatic nitrogens is 3. The minimum atomic E-state index is 0.514. The fourth-order valence-corrected chi connectivity index (χ4v) is 4.85. The Kier molecular flexibility index (Phi) is 3.13. The number of H-pyrrole nitrogens is 2. The van der Waals surface area contributed by atoms with Gasteiger partial charge in [-0.1, -0.05) is 67.1 Å². The molecule has 0 spiro atoms. The highest BCUT2D eigenvalue weighted by molar-refractivity contribution is 6.23. The molecule has 0 radical (unpaired) electrons. The molecule has 0 fully saturated rings. The molecule has 1 unspecified atom stereocenters. The largest absolute Gasteiger partial charge is 0.364 e. The summed E-state index contributed by atoms with van der Waals surface area (Å²) in [6, 6.07) is 17.2. The van der Waals surface area contributed by atoms with Gasteiger partial charge in [0, 0.05) is 39.7 Å². The van der Waals surface area contributed by atoms with Crippen LogP contribution in [-0.4, -0.2) is 15.0 Å². The molecule has 5 aromatic rings. The van der Waals surface area contributed by atoms with Gasteiger partial charge in [0.1, 0.15) is 5.82 Å². The molecule has 0 saturated heterocycles. The minimum absolute atomic E-state index is 0.514. The van der Waals surface area contributed by atoms with Crippen molar-refractivity contribution in [2.75, 3.05) is 0 Å². The summed E-state index contributed by atoms with van der Waals surface area (Å²) in [5.41, 5.74) is 7.34. The van der Waals surface area contributed by atoms with E-state index in [-0.39, 0.29) is 0 Å². The van der Waals surface area contributed by atoms with Gasteiger partial charge < -0.3 is 9.97 Å². The predicted molar refractivity (Wildman–Crippen MR) is 118 cm³/mol. The van der Waals surface area contributed by atoms with Gasteiger partial charge in [0.25, 0.3) is 0 Å². The van der Waals surface area contributed by atoms with E-state index in [1.54, 1.807) is 0 Å². The van der Waals surface area contributed by atoms with Crippen LogP contribution in [-0.2, 0) is 0 Å². The lowest BCUT2D eigenvalue weighted by atomic mass is 9.88. The Morgan fingerprint density at radius 2 is 1.61 bits per heavy atom. The van der Waals surface area contributed by atoms with Gasteiger partial charge >= 0.3 is 0 Å². The van der Waals surface area contributed by atoms with Crippen LogP contribution in [0.1, 0.15) is 37.4 Å². The molecule has 136 valence electrons. The summed E-state index contributed by atoms with van der Waals surface area (Å²) < 4.78 is 0. The van der Waals surface area contributed by atoms with Crippen LogP contribution in [0.3, 0.4) is 0 Å². The van der Waals surface area contributed by atoms with E-state index in [0.29, 0.717) is 5.92 Å². The van der Waals surface area contributed by atoms with Crippen LogP contribution in [0.25, 0.3) is 50.0 Å². The van der Waals surface area contributed by atoms with Gasteiger partial charge in [-0.3, -0.25) is 0 Å². The molecule has 1 aliphatic carbocycles. The first-order valence-electron chi connectivity index (χ1n) is 9.88. The van der Waals surface area contributed by atoms with Gasteiger partial charge in [-0.05, 0) is 24.1 Å². The zero-order valence-corrected chi connectivity index (χ0v) is 16.0. The fourth-order valence-electron chi connectivity index (χ4n) is 4.85. The molecule has 2 aromatic heterocycles. The van der Waals surface area contributed by atoms with E-state index in [9.17, 15) is 0 Å². The summed E-state index contributed by atoms with van der Waals surface area (Å²) in [6.07, 6.45) is 5.53. The molecular weight excluding hydrogens is 342 g/mol. The van der Waals surface area contributed by atoms with Crippen molar-refractivity contribution >= 4 is 38.7 Å². The molecule has 3 nitrogen and oxygen atoms in total.